The Labute approximate surface area is 142 Å². The van der Waals surface area contributed by atoms with Crippen LogP contribution in [0.25, 0.3) is 0 Å². The van der Waals surface area contributed by atoms with Gasteiger partial charge in [-0.25, -0.2) is 0 Å². The Morgan fingerprint density at radius 2 is 1.28 bits per heavy atom. The van der Waals surface area contributed by atoms with E-state index in [9.17, 15) is 0 Å². The summed E-state index contributed by atoms with van der Waals surface area (Å²) in [6.45, 7) is 11.9. The van der Waals surface area contributed by atoms with Crippen LogP contribution in [0.2, 0.25) is 42.8 Å². The van der Waals surface area contributed by atoms with Crippen molar-refractivity contribution < 1.29 is 11.1 Å². The van der Waals surface area contributed by atoms with E-state index >= 15 is 4.57 Å². The third-order valence-electron chi connectivity index (χ3n) is 18.0. The molecule has 10 aliphatic rings. The Morgan fingerprint density at radius 3 is 1.56 bits per heavy atom. The third kappa shape index (κ3) is 0.189. The molecule has 10 heterocycles. The summed E-state index contributed by atoms with van der Waals surface area (Å²) in [5.41, 5.74) is 0. The van der Waals surface area contributed by atoms with Gasteiger partial charge in [-0.2, -0.15) is 0 Å². The molecule has 0 aromatic rings. The first-order valence-corrected chi connectivity index (χ1v) is 18.5. The number of nitrogens with zero attached hydrogens (tertiary/aromatic N) is 1. The van der Waals surface area contributed by atoms with Crippen LogP contribution in [0.4, 0.5) is 0 Å². The van der Waals surface area contributed by atoms with Gasteiger partial charge in [-0.3, -0.25) is 0 Å². The Hall–Kier alpha value is 0.709. The van der Waals surface area contributed by atoms with Crippen LogP contribution in [0.1, 0.15) is 41.5 Å². The molecule has 0 aromatic carbocycles. The molecule has 5 atom stereocenters. The molecule has 10 rings (SSSR count). The summed E-state index contributed by atoms with van der Waals surface area (Å²) in [5.74, 6) is 0. The predicted molar refractivity (Wildman–Crippen MR) is 101 cm³/mol. The molecule has 0 amide bonds. The van der Waals surface area contributed by atoms with Crippen LogP contribution in [0.3, 0.4) is 0 Å². The molecular formula is C21H34FeNOP. The van der Waals surface area contributed by atoms with Crippen molar-refractivity contribution in [2.24, 2.45) is 0 Å². The fourth-order valence-corrected chi connectivity index (χ4v) is 117. The topological polar surface area (TPSA) is 20.3 Å². The van der Waals surface area contributed by atoms with E-state index in [-0.39, 0.29) is 10.3 Å². The third-order valence-corrected chi connectivity index (χ3v) is 71.1. The van der Waals surface area contributed by atoms with Crippen LogP contribution < -0.4 is 0 Å². The van der Waals surface area contributed by atoms with Gasteiger partial charge in [0.1, 0.15) is 0 Å². The number of fused-ring (bicyclic) bond motifs is 10. The summed E-state index contributed by atoms with van der Waals surface area (Å²) < 4.78 is 16.8. The van der Waals surface area contributed by atoms with Crippen molar-refractivity contribution in [2.45, 2.75) is 98.8 Å². The van der Waals surface area contributed by atoms with Crippen molar-refractivity contribution in [1.29, 1.82) is 0 Å². The quantitative estimate of drug-likeness (QED) is 0.415. The molecule has 0 bridgehead atoms. The molecule has 25 heavy (non-hydrogen) atoms. The molecule has 1 spiro atoms. The van der Waals surface area contributed by atoms with E-state index in [0.29, 0.717) is 8.37 Å². The fraction of sp³-hybridized carbons (Fsp3) is 1.00. The second-order valence-corrected chi connectivity index (χ2v) is 44.4. The molecule has 0 aromatic heterocycles. The van der Waals surface area contributed by atoms with Gasteiger partial charge in [0.15, 0.2) is 0 Å². The molecule has 5 unspecified atom stereocenters. The van der Waals surface area contributed by atoms with Crippen LogP contribution in [-0.4, -0.2) is 39.9 Å². The van der Waals surface area contributed by atoms with E-state index in [1.165, 1.54) is 40.3 Å². The second kappa shape index (κ2) is 1.29. The van der Waals surface area contributed by atoms with E-state index in [4.69, 9.17) is 0 Å². The Kier molecular flexibility index (Phi) is 0.673. The molecule has 10 aliphatic heterocycles. The van der Waals surface area contributed by atoms with Crippen molar-refractivity contribution >= 4 is 7.14 Å². The summed E-state index contributed by atoms with van der Waals surface area (Å²) in [4.78, 5) is 12.3. The van der Waals surface area contributed by atoms with Gasteiger partial charge in [-0.1, -0.05) is 0 Å². The molecule has 0 aliphatic carbocycles. The van der Waals surface area contributed by atoms with Gasteiger partial charge in [0.05, 0.1) is 0 Å². The first-order valence-electron chi connectivity index (χ1n) is 10.6. The van der Waals surface area contributed by atoms with E-state index in [0.717, 1.165) is 4.82 Å². The summed E-state index contributed by atoms with van der Waals surface area (Å²) in [6, 6.07) is 0. The molecule has 4 heteroatoms. The van der Waals surface area contributed by atoms with Gasteiger partial charge in [0.25, 0.3) is 0 Å². The van der Waals surface area contributed by atoms with Gasteiger partial charge in [-0.15, -0.1) is 0 Å². The van der Waals surface area contributed by atoms with Crippen LogP contribution in [0.5, 0.6) is 0 Å². The Bertz CT molecular complexity index is 1260. The summed E-state index contributed by atoms with van der Waals surface area (Å²) in [7, 11) is 2.32. The second-order valence-electron chi connectivity index (χ2n) is 16.0. The molecular weight excluding hydrogens is 369 g/mol. The molecule has 0 saturated carbocycles. The average Bonchev–Trinajstić information content (AvgIpc) is 3.38. The molecule has 0 radical (unpaired) electrons. The molecule has 0 N–H and O–H groups in total. The first kappa shape index (κ1) is 13.0. The minimum absolute atomic E-state index is 0.0115. The van der Waals surface area contributed by atoms with E-state index in [1.807, 2.05) is 0 Å². The van der Waals surface area contributed by atoms with Crippen LogP contribution in [0, 0.1) is 0 Å². The van der Waals surface area contributed by atoms with Gasteiger partial charge in [0, 0.05) is 0 Å². The van der Waals surface area contributed by atoms with Gasteiger partial charge < -0.3 is 0 Å². The Morgan fingerprint density at radius 1 is 0.840 bits per heavy atom. The van der Waals surface area contributed by atoms with Crippen LogP contribution in [0.15, 0.2) is 0 Å². The normalized spacial score (nSPS) is 90.3. The van der Waals surface area contributed by atoms with Crippen LogP contribution >= 0.6 is 7.14 Å². The van der Waals surface area contributed by atoms with Crippen LogP contribution in [-0.2, 0) is 11.1 Å². The fourth-order valence-electron chi connectivity index (χ4n) is 20.7. The maximum absolute atomic E-state index is 15.6. The minimum atomic E-state index is -3.62. The molecule has 2 nitrogen and oxygen atoms in total. The molecule has 10 fully saturated rings. The summed E-state index contributed by atoms with van der Waals surface area (Å²) in [6.07, 6.45) is 0. The monoisotopic (exact) mass is 403 g/mol. The van der Waals surface area contributed by atoms with Gasteiger partial charge in [0.2, 0.25) is 0 Å². The number of rotatable bonds is 3. The van der Waals surface area contributed by atoms with Crippen molar-refractivity contribution in [2.75, 3.05) is 20.6 Å². The average molecular weight is 403 g/mol. The standard InChI is InChI=1S/C16H29NOP.C5H5.Fe/c1-15(2,3)19(18,16(4,5)6)14-11-9-10-13(14)12-17(7)8;1-2-4-5-3-1;/h9-11H,12H2,1-8H3;1-5H;. The van der Waals surface area contributed by atoms with E-state index < -0.39 is 13.7 Å². The van der Waals surface area contributed by atoms with Crippen molar-refractivity contribution in [1.82, 2.24) is 4.90 Å². The van der Waals surface area contributed by atoms with Crippen molar-refractivity contribution in [3.05, 3.63) is 0 Å². The first-order chi connectivity index (χ1) is 11.1. The zero-order valence-corrected chi connectivity index (χ0v) is 19.0. The Balaban J connectivity index is 1.45. The predicted octanol–water partition coefficient (Wildman–Crippen LogP) is 6.18. The van der Waals surface area contributed by atoms with Crippen molar-refractivity contribution in [3.63, 3.8) is 0 Å². The van der Waals surface area contributed by atoms with Gasteiger partial charge in [-0.05, 0) is 0 Å². The van der Waals surface area contributed by atoms with E-state index in [2.05, 4.69) is 60.5 Å². The summed E-state index contributed by atoms with van der Waals surface area (Å²) >= 11 is 0. The summed E-state index contributed by atoms with van der Waals surface area (Å²) in [5, 5.41) is -0.0230. The number of hydrogen-bond donors (Lipinski definition) is 0. The molecule has 10 saturated heterocycles. The maximum atomic E-state index is 15.6. The van der Waals surface area contributed by atoms with E-state index in [1.54, 1.807) is 0 Å². The van der Waals surface area contributed by atoms with Crippen molar-refractivity contribution in [3.8, 4) is 0 Å². The zero-order chi connectivity index (χ0) is 17.7. The van der Waals surface area contributed by atoms with Gasteiger partial charge >= 0.3 is 143 Å². The molecule has 142 valence electrons. The SMILES string of the molecule is CN(C)C[C]12[CH]3[CH]4[CH]5[C]1(P(=O)(C(C)(C)C)C(C)(C)C)[Fe]43521678[CH]2[CH]1[CH]6[CH]7[CH]28. The number of hydrogen-bond acceptors (Lipinski definition) is 2. The zero-order valence-electron chi connectivity index (χ0n) is 17.0.